The maximum atomic E-state index is 12.4. The predicted molar refractivity (Wildman–Crippen MR) is 102 cm³/mol. The predicted octanol–water partition coefficient (Wildman–Crippen LogP) is 4.30. The molecule has 1 atom stereocenters. The molecule has 1 aliphatic rings. The Balaban J connectivity index is 1.51. The number of rotatable bonds is 6. The maximum Gasteiger partial charge on any atom is 0.321 e. The Morgan fingerprint density at radius 2 is 2.04 bits per heavy atom. The summed E-state index contributed by atoms with van der Waals surface area (Å²) in [4.78, 5) is 14.1. The van der Waals surface area contributed by atoms with E-state index in [9.17, 15) is 4.79 Å². The lowest BCUT2D eigenvalue weighted by atomic mass is 10.1. The van der Waals surface area contributed by atoms with E-state index in [4.69, 9.17) is 9.47 Å². The van der Waals surface area contributed by atoms with Gasteiger partial charge in [-0.25, -0.2) is 4.79 Å². The number of amides is 2. The average Bonchev–Trinajstić information content (AvgIpc) is 2.68. The van der Waals surface area contributed by atoms with Crippen LogP contribution in [0.25, 0.3) is 0 Å². The van der Waals surface area contributed by atoms with E-state index in [1.54, 1.807) is 11.9 Å². The first kappa shape index (κ1) is 18.3. The van der Waals surface area contributed by atoms with E-state index in [2.05, 4.69) is 5.32 Å². The average molecular weight is 354 g/mol. The fourth-order valence-electron chi connectivity index (χ4n) is 2.96. The van der Waals surface area contributed by atoms with Crippen LogP contribution in [0.2, 0.25) is 0 Å². The van der Waals surface area contributed by atoms with Gasteiger partial charge >= 0.3 is 6.03 Å². The normalized spacial score (nSPS) is 16.7. The van der Waals surface area contributed by atoms with Crippen molar-refractivity contribution >= 4 is 11.7 Å². The van der Waals surface area contributed by atoms with Gasteiger partial charge in [0.1, 0.15) is 12.4 Å². The first-order chi connectivity index (χ1) is 12.7. The molecule has 5 nitrogen and oxygen atoms in total. The Morgan fingerprint density at radius 1 is 1.19 bits per heavy atom. The molecule has 0 aliphatic carbocycles. The molecule has 0 bridgehead atoms. The van der Waals surface area contributed by atoms with Crippen LogP contribution in [-0.4, -0.2) is 37.2 Å². The van der Waals surface area contributed by atoms with Crippen LogP contribution in [0, 0.1) is 0 Å². The molecule has 0 unspecified atom stereocenters. The highest BCUT2D eigenvalue weighted by atomic mass is 16.5. The molecule has 5 heteroatoms. The maximum absolute atomic E-state index is 12.4. The molecular formula is C21H26N2O3. The fraction of sp³-hybridized carbons (Fsp3) is 0.381. The second-order valence-corrected chi connectivity index (χ2v) is 6.60. The Morgan fingerprint density at radius 3 is 2.81 bits per heavy atom. The first-order valence-electron chi connectivity index (χ1n) is 9.11. The minimum absolute atomic E-state index is 0.139. The Labute approximate surface area is 154 Å². The number of nitrogens with zero attached hydrogens (tertiary/aromatic N) is 1. The second kappa shape index (κ2) is 9.25. The second-order valence-electron chi connectivity index (χ2n) is 6.60. The van der Waals surface area contributed by atoms with Crippen molar-refractivity contribution in [2.75, 3.05) is 25.5 Å². The van der Waals surface area contributed by atoms with E-state index in [0.29, 0.717) is 13.2 Å². The molecular weight excluding hydrogens is 328 g/mol. The molecule has 0 aromatic heterocycles. The Bertz CT molecular complexity index is 699. The van der Waals surface area contributed by atoms with E-state index in [-0.39, 0.29) is 12.1 Å². The molecule has 26 heavy (non-hydrogen) atoms. The van der Waals surface area contributed by atoms with E-state index < -0.39 is 0 Å². The monoisotopic (exact) mass is 354 g/mol. The number of carbonyl (C=O) groups is 1. The molecule has 2 aromatic rings. The number of benzene rings is 2. The number of ether oxygens (including phenoxy) is 2. The molecule has 0 saturated carbocycles. The van der Waals surface area contributed by atoms with Gasteiger partial charge < -0.3 is 19.7 Å². The SMILES string of the molecule is CN(C[C@H]1CCCCO1)C(=O)Nc1cccc(OCc2ccccc2)c1. The summed E-state index contributed by atoms with van der Waals surface area (Å²) in [6, 6.07) is 17.3. The highest BCUT2D eigenvalue weighted by Gasteiger charge is 2.18. The molecule has 138 valence electrons. The minimum atomic E-state index is -0.139. The highest BCUT2D eigenvalue weighted by Crippen LogP contribution is 2.19. The number of likely N-dealkylation sites (N-methyl/N-ethyl adjacent to an activating group) is 1. The number of hydrogen-bond acceptors (Lipinski definition) is 3. The van der Waals surface area contributed by atoms with Gasteiger partial charge in [0.15, 0.2) is 0 Å². The van der Waals surface area contributed by atoms with Gasteiger partial charge in [0.05, 0.1) is 6.10 Å². The van der Waals surface area contributed by atoms with Crippen LogP contribution < -0.4 is 10.1 Å². The van der Waals surface area contributed by atoms with E-state index in [1.807, 2.05) is 54.6 Å². The van der Waals surface area contributed by atoms with Crippen LogP contribution in [0.1, 0.15) is 24.8 Å². The smallest absolute Gasteiger partial charge is 0.321 e. The van der Waals surface area contributed by atoms with Crippen molar-refractivity contribution in [3.8, 4) is 5.75 Å². The van der Waals surface area contributed by atoms with Gasteiger partial charge in [-0.05, 0) is 37.0 Å². The summed E-state index contributed by atoms with van der Waals surface area (Å²) in [7, 11) is 1.79. The van der Waals surface area contributed by atoms with E-state index >= 15 is 0 Å². The van der Waals surface area contributed by atoms with Gasteiger partial charge in [0.25, 0.3) is 0 Å². The van der Waals surface area contributed by atoms with E-state index in [0.717, 1.165) is 36.4 Å². The number of anilines is 1. The Hall–Kier alpha value is -2.53. The zero-order valence-electron chi connectivity index (χ0n) is 15.2. The summed E-state index contributed by atoms with van der Waals surface area (Å²) in [5.74, 6) is 0.727. The van der Waals surface area contributed by atoms with Gasteiger partial charge in [-0.3, -0.25) is 0 Å². The molecule has 1 N–H and O–H groups in total. The quantitative estimate of drug-likeness (QED) is 0.841. The van der Waals surface area contributed by atoms with Gasteiger partial charge in [0, 0.05) is 32.0 Å². The van der Waals surface area contributed by atoms with Crippen molar-refractivity contribution < 1.29 is 14.3 Å². The van der Waals surface area contributed by atoms with Crippen molar-refractivity contribution in [1.29, 1.82) is 0 Å². The van der Waals surface area contributed by atoms with Crippen LogP contribution in [0.3, 0.4) is 0 Å². The number of carbonyl (C=O) groups excluding carboxylic acids is 1. The number of urea groups is 1. The summed E-state index contributed by atoms with van der Waals surface area (Å²) >= 11 is 0. The molecule has 1 aliphatic heterocycles. The van der Waals surface area contributed by atoms with Gasteiger partial charge in [-0.2, -0.15) is 0 Å². The summed E-state index contributed by atoms with van der Waals surface area (Å²) in [5, 5.41) is 2.92. The molecule has 1 heterocycles. The van der Waals surface area contributed by atoms with Crippen LogP contribution >= 0.6 is 0 Å². The summed E-state index contributed by atoms with van der Waals surface area (Å²) in [5.41, 5.74) is 1.83. The summed E-state index contributed by atoms with van der Waals surface area (Å²) in [6.07, 6.45) is 3.43. The van der Waals surface area contributed by atoms with Gasteiger partial charge in [-0.1, -0.05) is 36.4 Å². The largest absolute Gasteiger partial charge is 0.489 e. The lowest BCUT2D eigenvalue weighted by Crippen LogP contribution is -2.39. The molecule has 2 aromatic carbocycles. The third-order valence-electron chi connectivity index (χ3n) is 4.43. The topological polar surface area (TPSA) is 50.8 Å². The minimum Gasteiger partial charge on any atom is -0.489 e. The van der Waals surface area contributed by atoms with Crippen molar-refractivity contribution in [3.63, 3.8) is 0 Å². The molecule has 1 saturated heterocycles. The zero-order valence-corrected chi connectivity index (χ0v) is 15.2. The van der Waals surface area contributed by atoms with E-state index in [1.165, 1.54) is 6.42 Å². The van der Waals surface area contributed by atoms with Crippen molar-refractivity contribution in [2.45, 2.75) is 32.0 Å². The molecule has 0 spiro atoms. The highest BCUT2D eigenvalue weighted by molar-refractivity contribution is 5.89. The van der Waals surface area contributed by atoms with Crippen LogP contribution in [0.4, 0.5) is 10.5 Å². The standard InChI is InChI=1S/C21H26N2O3/c1-23(15-20-11-5-6-13-25-20)21(24)22-18-10-7-12-19(14-18)26-16-17-8-3-2-4-9-17/h2-4,7-10,12,14,20H,5-6,11,13,15-16H2,1H3,(H,22,24)/t20-/m1/s1. The molecule has 2 amide bonds. The lowest BCUT2D eigenvalue weighted by molar-refractivity contribution is 0.00463. The first-order valence-corrected chi connectivity index (χ1v) is 9.11. The lowest BCUT2D eigenvalue weighted by Gasteiger charge is -2.27. The molecule has 1 fully saturated rings. The molecule has 3 rings (SSSR count). The fourth-order valence-corrected chi connectivity index (χ4v) is 2.96. The Kier molecular flexibility index (Phi) is 6.50. The van der Waals surface area contributed by atoms with Crippen molar-refractivity contribution in [2.24, 2.45) is 0 Å². The van der Waals surface area contributed by atoms with Gasteiger partial charge in [0.2, 0.25) is 0 Å². The molecule has 0 radical (unpaired) electrons. The third-order valence-corrected chi connectivity index (χ3v) is 4.43. The van der Waals surface area contributed by atoms with Gasteiger partial charge in [-0.15, -0.1) is 0 Å². The van der Waals surface area contributed by atoms with Crippen LogP contribution in [0.15, 0.2) is 54.6 Å². The summed E-state index contributed by atoms with van der Waals surface area (Å²) in [6.45, 7) is 1.90. The number of hydrogen-bond donors (Lipinski definition) is 1. The van der Waals surface area contributed by atoms with Crippen LogP contribution in [0.5, 0.6) is 5.75 Å². The third kappa shape index (κ3) is 5.49. The van der Waals surface area contributed by atoms with Crippen molar-refractivity contribution in [1.82, 2.24) is 4.90 Å². The van der Waals surface area contributed by atoms with Crippen molar-refractivity contribution in [3.05, 3.63) is 60.2 Å². The van der Waals surface area contributed by atoms with Crippen LogP contribution in [-0.2, 0) is 11.3 Å². The zero-order chi connectivity index (χ0) is 18.2. The number of nitrogens with one attached hydrogen (secondary N) is 1. The summed E-state index contributed by atoms with van der Waals surface area (Å²) < 4.78 is 11.5.